The van der Waals surface area contributed by atoms with Crippen molar-refractivity contribution >= 4 is 11.6 Å². The molecule has 3 nitrogen and oxygen atoms in total. The van der Waals surface area contributed by atoms with Crippen molar-refractivity contribution in [3.8, 4) is 0 Å². The van der Waals surface area contributed by atoms with Gasteiger partial charge in [0.1, 0.15) is 0 Å². The number of fused-ring (bicyclic) bond motifs is 1. The van der Waals surface area contributed by atoms with Gasteiger partial charge in [0.15, 0.2) is 0 Å². The Hall–Kier alpha value is -2.91. The van der Waals surface area contributed by atoms with Crippen LogP contribution in [0.3, 0.4) is 0 Å². The summed E-state index contributed by atoms with van der Waals surface area (Å²) in [5, 5.41) is 6.49. The van der Waals surface area contributed by atoms with Crippen LogP contribution in [-0.2, 0) is 24.1 Å². The van der Waals surface area contributed by atoms with Gasteiger partial charge in [0.25, 0.3) is 0 Å². The lowest BCUT2D eigenvalue weighted by Crippen LogP contribution is -2.32. The zero-order valence-corrected chi connectivity index (χ0v) is 16.0. The molecule has 0 aliphatic heterocycles. The highest BCUT2D eigenvalue weighted by Gasteiger charge is 2.15. The monoisotopic (exact) mass is 370 g/mol. The minimum Gasteiger partial charge on any atom is -0.325 e. The van der Waals surface area contributed by atoms with Gasteiger partial charge >= 0.3 is 0 Å². The molecule has 4 rings (SSSR count). The highest BCUT2D eigenvalue weighted by atomic mass is 16.1. The van der Waals surface area contributed by atoms with Crippen LogP contribution < -0.4 is 10.6 Å². The summed E-state index contributed by atoms with van der Waals surface area (Å²) in [7, 11) is 0. The summed E-state index contributed by atoms with van der Waals surface area (Å²) in [6, 6.07) is 27.1. The van der Waals surface area contributed by atoms with E-state index in [2.05, 4.69) is 59.2 Å². The first-order chi connectivity index (χ1) is 13.8. The average Bonchev–Trinajstić information content (AvgIpc) is 3.20. The Balaban J connectivity index is 1.40. The van der Waals surface area contributed by atoms with Gasteiger partial charge in [-0.25, -0.2) is 0 Å². The predicted molar refractivity (Wildman–Crippen MR) is 114 cm³/mol. The number of benzene rings is 3. The molecule has 3 aromatic carbocycles. The molecular formula is C25H26N2O. The lowest BCUT2D eigenvalue weighted by atomic mass is 9.99. The number of carbonyl (C=O) groups excluding carboxylic acids is 1. The maximum atomic E-state index is 12.5. The number of carbonyl (C=O) groups is 1. The Kier molecular flexibility index (Phi) is 5.83. The van der Waals surface area contributed by atoms with Gasteiger partial charge in [0.05, 0.1) is 6.54 Å². The molecule has 3 heteroatoms. The molecule has 0 bridgehead atoms. The number of hydrogen-bond acceptors (Lipinski definition) is 2. The van der Waals surface area contributed by atoms with Crippen LogP contribution in [0.4, 0.5) is 5.69 Å². The quantitative estimate of drug-likeness (QED) is 0.634. The molecule has 28 heavy (non-hydrogen) atoms. The second kappa shape index (κ2) is 8.85. The molecule has 1 amide bonds. The van der Waals surface area contributed by atoms with E-state index in [4.69, 9.17) is 0 Å². The molecule has 1 atom stereocenters. The highest BCUT2D eigenvalue weighted by Crippen LogP contribution is 2.25. The number of nitrogens with one attached hydrogen (secondary N) is 2. The zero-order chi connectivity index (χ0) is 19.2. The van der Waals surface area contributed by atoms with E-state index in [1.807, 2.05) is 30.3 Å². The Morgan fingerprint density at radius 2 is 1.57 bits per heavy atom. The topological polar surface area (TPSA) is 41.1 Å². The van der Waals surface area contributed by atoms with E-state index in [9.17, 15) is 4.79 Å². The summed E-state index contributed by atoms with van der Waals surface area (Å²) in [6.45, 7) is 0.281. The van der Waals surface area contributed by atoms with Gasteiger partial charge in [-0.1, -0.05) is 66.7 Å². The summed E-state index contributed by atoms with van der Waals surface area (Å²) in [6.07, 6.45) is 4.33. The molecule has 0 saturated carbocycles. The van der Waals surface area contributed by atoms with Crippen LogP contribution in [0.1, 0.15) is 34.7 Å². The fraction of sp³-hybridized carbons (Fsp3) is 0.240. The third kappa shape index (κ3) is 4.68. The lowest BCUT2D eigenvalue weighted by molar-refractivity contribution is -0.115. The van der Waals surface area contributed by atoms with Crippen LogP contribution in [-0.4, -0.2) is 12.5 Å². The summed E-state index contributed by atoms with van der Waals surface area (Å²) < 4.78 is 0. The summed E-state index contributed by atoms with van der Waals surface area (Å²) in [4.78, 5) is 12.5. The fourth-order valence-electron chi connectivity index (χ4n) is 3.91. The molecule has 142 valence electrons. The average molecular weight is 370 g/mol. The number of amides is 1. The maximum absolute atomic E-state index is 12.5. The van der Waals surface area contributed by atoms with Crippen LogP contribution in [0.15, 0.2) is 78.9 Å². The first-order valence-corrected chi connectivity index (χ1v) is 10.0. The van der Waals surface area contributed by atoms with Gasteiger partial charge in [0, 0.05) is 11.7 Å². The summed E-state index contributed by atoms with van der Waals surface area (Å²) in [5.41, 5.74) is 6.13. The Morgan fingerprint density at radius 1 is 0.857 bits per heavy atom. The predicted octanol–water partition coefficient (Wildman–Crippen LogP) is 4.69. The first kappa shape index (κ1) is 18.5. The molecule has 0 fully saturated rings. The number of aryl methyl sites for hydroxylation is 2. The number of anilines is 1. The maximum Gasteiger partial charge on any atom is 0.238 e. The van der Waals surface area contributed by atoms with Gasteiger partial charge in [-0.15, -0.1) is 0 Å². The van der Waals surface area contributed by atoms with Gasteiger partial charge in [-0.2, -0.15) is 0 Å². The fourth-order valence-corrected chi connectivity index (χ4v) is 3.91. The van der Waals surface area contributed by atoms with Crippen molar-refractivity contribution in [1.29, 1.82) is 0 Å². The minimum absolute atomic E-state index is 0.00746. The third-order valence-corrected chi connectivity index (χ3v) is 5.38. The highest BCUT2D eigenvalue weighted by molar-refractivity contribution is 5.92. The van der Waals surface area contributed by atoms with Gasteiger partial charge in [-0.05, 0) is 60.1 Å². The molecule has 0 spiro atoms. The van der Waals surface area contributed by atoms with Crippen LogP contribution in [0, 0.1) is 0 Å². The van der Waals surface area contributed by atoms with E-state index in [0.717, 1.165) is 24.9 Å². The van der Waals surface area contributed by atoms with E-state index in [0.29, 0.717) is 0 Å². The second-order valence-electron chi connectivity index (χ2n) is 7.42. The molecule has 1 aliphatic carbocycles. The summed E-state index contributed by atoms with van der Waals surface area (Å²) >= 11 is 0. The Labute approximate surface area is 166 Å². The molecule has 1 aliphatic rings. The lowest BCUT2D eigenvalue weighted by Gasteiger charge is -2.19. The van der Waals surface area contributed by atoms with Crippen LogP contribution in [0.5, 0.6) is 0 Å². The van der Waals surface area contributed by atoms with Crippen molar-refractivity contribution in [3.05, 3.63) is 101 Å². The van der Waals surface area contributed by atoms with Crippen molar-refractivity contribution in [2.45, 2.75) is 31.7 Å². The van der Waals surface area contributed by atoms with Crippen molar-refractivity contribution in [3.63, 3.8) is 0 Å². The molecular weight excluding hydrogens is 344 g/mol. The molecule has 0 saturated heterocycles. The van der Waals surface area contributed by atoms with Gasteiger partial charge in [0.2, 0.25) is 5.91 Å². The molecule has 0 heterocycles. The molecule has 2 N–H and O–H groups in total. The second-order valence-corrected chi connectivity index (χ2v) is 7.42. The van der Waals surface area contributed by atoms with E-state index in [-0.39, 0.29) is 18.5 Å². The SMILES string of the molecule is O=C(CN[C@@H](Cc1ccccc1)c1ccccc1)Nc1ccc2c(c1)CCC2. The normalized spacial score (nSPS) is 13.7. The van der Waals surface area contributed by atoms with E-state index in [1.165, 1.54) is 28.7 Å². The van der Waals surface area contributed by atoms with Gasteiger partial charge < -0.3 is 10.6 Å². The van der Waals surface area contributed by atoms with Crippen molar-refractivity contribution < 1.29 is 4.79 Å². The third-order valence-electron chi connectivity index (χ3n) is 5.38. The van der Waals surface area contributed by atoms with Crippen molar-refractivity contribution in [1.82, 2.24) is 5.32 Å². The number of hydrogen-bond donors (Lipinski definition) is 2. The summed E-state index contributed by atoms with van der Waals surface area (Å²) in [5.74, 6) is -0.00746. The van der Waals surface area contributed by atoms with Crippen molar-refractivity contribution in [2.75, 3.05) is 11.9 Å². The molecule has 0 unspecified atom stereocenters. The van der Waals surface area contributed by atoms with Crippen LogP contribution >= 0.6 is 0 Å². The largest absolute Gasteiger partial charge is 0.325 e. The Bertz CT molecular complexity index is 922. The van der Waals surface area contributed by atoms with E-state index in [1.54, 1.807) is 0 Å². The molecule has 0 radical (unpaired) electrons. The van der Waals surface area contributed by atoms with E-state index >= 15 is 0 Å². The van der Waals surface area contributed by atoms with Crippen LogP contribution in [0.2, 0.25) is 0 Å². The van der Waals surface area contributed by atoms with Crippen molar-refractivity contribution in [2.24, 2.45) is 0 Å². The van der Waals surface area contributed by atoms with Gasteiger partial charge in [-0.3, -0.25) is 4.79 Å². The first-order valence-electron chi connectivity index (χ1n) is 10.0. The number of rotatable bonds is 7. The smallest absolute Gasteiger partial charge is 0.238 e. The standard InChI is InChI=1S/C25H26N2O/c28-25(27-23-15-14-20-12-7-13-22(20)17-23)18-26-24(21-10-5-2-6-11-21)16-19-8-3-1-4-9-19/h1-6,8-11,14-15,17,24,26H,7,12-13,16,18H2,(H,27,28)/t24-/m0/s1. The minimum atomic E-state index is -0.00746. The van der Waals surface area contributed by atoms with E-state index < -0.39 is 0 Å². The molecule has 0 aromatic heterocycles. The van der Waals surface area contributed by atoms with Crippen LogP contribution in [0.25, 0.3) is 0 Å². The Morgan fingerprint density at radius 3 is 2.36 bits per heavy atom. The zero-order valence-electron chi connectivity index (χ0n) is 16.0. The molecule has 3 aromatic rings.